The molecule has 0 radical (unpaired) electrons. The van der Waals surface area contributed by atoms with Gasteiger partial charge in [-0.25, -0.2) is 4.39 Å². The van der Waals surface area contributed by atoms with Crippen LogP contribution < -0.4 is 4.74 Å². The van der Waals surface area contributed by atoms with Gasteiger partial charge in [-0.3, -0.25) is 0 Å². The van der Waals surface area contributed by atoms with E-state index in [1.165, 1.54) is 12.1 Å². The lowest BCUT2D eigenvalue weighted by molar-refractivity contribution is 0.475. The highest BCUT2D eigenvalue weighted by Gasteiger charge is 2.03. The van der Waals surface area contributed by atoms with E-state index in [0.29, 0.717) is 17.1 Å². The normalized spacial score (nSPS) is 10.4. The first-order valence-electron chi connectivity index (χ1n) is 5.38. The van der Waals surface area contributed by atoms with E-state index in [-0.39, 0.29) is 11.7 Å². The zero-order chi connectivity index (χ0) is 13.0. The first-order valence-corrected chi connectivity index (χ1v) is 7.14. The predicted octanol–water partition coefficient (Wildman–Crippen LogP) is 5.08. The maximum absolute atomic E-state index is 13.3. The Kier molecular flexibility index (Phi) is 4.50. The summed E-state index contributed by atoms with van der Waals surface area (Å²) in [5.41, 5.74) is 0.701. The van der Waals surface area contributed by atoms with Crippen LogP contribution in [0, 0.1) is 5.82 Å². The minimum atomic E-state index is -0.344. The van der Waals surface area contributed by atoms with Crippen LogP contribution in [0.15, 0.2) is 47.4 Å². The van der Waals surface area contributed by atoms with E-state index in [4.69, 9.17) is 16.3 Å². The number of thioether (sulfide) groups is 1. The molecule has 0 spiro atoms. The van der Waals surface area contributed by atoms with Gasteiger partial charge in [0.2, 0.25) is 0 Å². The van der Waals surface area contributed by atoms with Crippen molar-refractivity contribution in [2.24, 2.45) is 0 Å². The minimum absolute atomic E-state index is 0.263. The smallest absolute Gasteiger partial charge is 0.130 e. The Morgan fingerprint density at radius 2 is 1.83 bits per heavy atom. The molecule has 0 aromatic heterocycles. The van der Waals surface area contributed by atoms with Crippen molar-refractivity contribution in [3.05, 3.63) is 53.8 Å². The summed E-state index contributed by atoms with van der Waals surface area (Å²) in [6.45, 7) is 0. The highest BCUT2D eigenvalue weighted by atomic mass is 35.5. The third-order valence-electron chi connectivity index (χ3n) is 2.38. The molecule has 0 aliphatic rings. The molecule has 0 aliphatic carbocycles. The first kappa shape index (κ1) is 13.2. The van der Waals surface area contributed by atoms with Gasteiger partial charge >= 0.3 is 0 Å². The summed E-state index contributed by atoms with van der Waals surface area (Å²) in [4.78, 5) is 1.16. The molecule has 0 aliphatic heterocycles. The van der Waals surface area contributed by atoms with Crippen LogP contribution >= 0.6 is 23.4 Å². The molecule has 0 atom stereocenters. The number of alkyl halides is 1. The van der Waals surface area contributed by atoms with E-state index in [1.807, 2.05) is 30.5 Å². The topological polar surface area (TPSA) is 9.23 Å². The Morgan fingerprint density at radius 1 is 1.11 bits per heavy atom. The summed E-state index contributed by atoms with van der Waals surface area (Å²) in [6, 6.07) is 12.1. The van der Waals surface area contributed by atoms with Crippen molar-refractivity contribution in [3.63, 3.8) is 0 Å². The third-order valence-corrected chi connectivity index (χ3v) is 3.43. The number of hydrogen-bond donors (Lipinski definition) is 0. The van der Waals surface area contributed by atoms with Crippen LogP contribution in [0.1, 0.15) is 5.56 Å². The zero-order valence-electron chi connectivity index (χ0n) is 9.82. The standard InChI is InChI=1S/C14H12ClFOS/c1-18-14-4-2-12(3-5-14)17-13-7-10(9-15)6-11(16)8-13/h2-8H,9H2,1H3. The molecule has 0 unspecified atom stereocenters. The number of hydrogen-bond acceptors (Lipinski definition) is 2. The Labute approximate surface area is 115 Å². The summed E-state index contributed by atoms with van der Waals surface area (Å²) in [5.74, 6) is 1.06. The highest BCUT2D eigenvalue weighted by molar-refractivity contribution is 7.98. The fourth-order valence-electron chi connectivity index (χ4n) is 1.54. The number of halogens is 2. The van der Waals surface area contributed by atoms with E-state index in [1.54, 1.807) is 17.8 Å². The average molecular weight is 283 g/mol. The summed E-state index contributed by atoms with van der Waals surface area (Å²) < 4.78 is 18.9. The van der Waals surface area contributed by atoms with Gasteiger partial charge in [0.25, 0.3) is 0 Å². The van der Waals surface area contributed by atoms with Gasteiger partial charge in [-0.15, -0.1) is 23.4 Å². The van der Waals surface area contributed by atoms with E-state index in [0.717, 1.165) is 4.90 Å². The fraction of sp³-hybridized carbons (Fsp3) is 0.143. The molecule has 94 valence electrons. The lowest BCUT2D eigenvalue weighted by atomic mass is 10.2. The Balaban J connectivity index is 2.19. The lowest BCUT2D eigenvalue weighted by Crippen LogP contribution is -1.88. The summed E-state index contributed by atoms with van der Waals surface area (Å²) in [6.07, 6.45) is 2.01. The molecule has 4 heteroatoms. The summed E-state index contributed by atoms with van der Waals surface area (Å²) >= 11 is 7.35. The molecule has 18 heavy (non-hydrogen) atoms. The van der Waals surface area contributed by atoms with Crippen LogP contribution in [0.4, 0.5) is 4.39 Å². The van der Waals surface area contributed by atoms with Crippen LogP contribution in [0.3, 0.4) is 0 Å². The highest BCUT2D eigenvalue weighted by Crippen LogP contribution is 2.26. The van der Waals surface area contributed by atoms with E-state index < -0.39 is 0 Å². The fourth-order valence-corrected chi connectivity index (χ4v) is 2.10. The van der Waals surface area contributed by atoms with Gasteiger partial charge < -0.3 is 4.74 Å². The molecule has 0 bridgehead atoms. The molecule has 2 aromatic rings. The Bertz CT molecular complexity index is 528. The van der Waals surface area contributed by atoms with Gasteiger partial charge in [0, 0.05) is 16.8 Å². The SMILES string of the molecule is CSc1ccc(Oc2cc(F)cc(CCl)c2)cc1. The average Bonchev–Trinajstić information content (AvgIpc) is 2.39. The van der Waals surface area contributed by atoms with E-state index in [9.17, 15) is 4.39 Å². The predicted molar refractivity (Wildman–Crippen MR) is 74.3 cm³/mol. The Morgan fingerprint density at radius 3 is 2.44 bits per heavy atom. The molecule has 0 saturated carbocycles. The van der Waals surface area contributed by atoms with Gasteiger partial charge in [-0.2, -0.15) is 0 Å². The first-order chi connectivity index (χ1) is 8.71. The van der Waals surface area contributed by atoms with Crippen molar-refractivity contribution in [1.82, 2.24) is 0 Å². The van der Waals surface area contributed by atoms with Gasteiger partial charge in [0.05, 0.1) is 0 Å². The molecule has 2 aromatic carbocycles. The van der Waals surface area contributed by atoms with Crippen molar-refractivity contribution in [2.45, 2.75) is 10.8 Å². The largest absolute Gasteiger partial charge is 0.457 e. The minimum Gasteiger partial charge on any atom is -0.457 e. The van der Waals surface area contributed by atoms with Gasteiger partial charge in [0.1, 0.15) is 17.3 Å². The lowest BCUT2D eigenvalue weighted by Gasteiger charge is -2.07. The van der Waals surface area contributed by atoms with Crippen molar-refractivity contribution in [1.29, 1.82) is 0 Å². The number of benzene rings is 2. The van der Waals surface area contributed by atoms with Gasteiger partial charge in [-0.1, -0.05) is 0 Å². The molecule has 0 amide bonds. The van der Waals surface area contributed by atoms with Gasteiger partial charge in [-0.05, 0) is 48.2 Å². The molecule has 0 N–H and O–H groups in total. The van der Waals surface area contributed by atoms with Crippen molar-refractivity contribution >= 4 is 23.4 Å². The zero-order valence-corrected chi connectivity index (χ0v) is 11.4. The molecule has 0 saturated heterocycles. The molecule has 0 fully saturated rings. The van der Waals surface area contributed by atoms with Crippen LogP contribution in [-0.2, 0) is 5.88 Å². The second-order valence-corrected chi connectivity index (χ2v) is 4.85. The second kappa shape index (κ2) is 6.12. The molecule has 1 nitrogen and oxygen atoms in total. The maximum atomic E-state index is 13.3. The van der Waals surface area contributed by atoms with Crippen LogP contribution in [0.5, 0.6) is 11.5 Å². The summed E-state index contributed by atoms with van der Waals surface area (Å²) in [7, 11) is 0. The monoisotopic (exact) mass is 282 g/mol. The number of rotatable bonds is 4. The second-order valence-electron chi connectivity index (χ2n) is 3.71. The van der Waals surface area contributed by atoms with Crippen molar-refractivity contribution < 1.29 is 9.13 Å². The van der Waals surface area contributed by atoms with Crippen molar-refractivity contribution in [2.75, 3.05) is 6.26 Å². The van der Waals surface area contributed by atoms with Crippen LogP contribution in [0.25, 0.3) is 0 Å². The molecule has 0 heterocycles. The van der Waals surface area contributed by atoms with Crippen molar-refractivity contribution in [3.8, 4) is 11.5 Å². The quantitative estimate of drug-likeness (QED) is 0.571. The van der Waals surface area contributed by atoms with E-state index in [2.05, 4.69) is 0 Å². The number of ether oxygens (including phenoxy) is 1. The Hall–Kier alpha value is -1.19. The summed E-state index contributed by atoms with van der Waals surface area (Å²) in [5, 5.41) is 0. The van der Waals surface area contributed by atoms with Gasteiger partial charge in [0.15, 0.2) is 0 Å². The maximum Gasteiger partial charge on any atom is 0.130 e. The molecular formula is C14H12ClFOS. The van der Waals surface area contributed by atoms with E-state index >= 15 is 0 Å². The third kappa shape index (κ3) is 3.40. The van der Waals surface area contributed by atoms with Crippen LogP contribution in [0.2, 0.25) is 0 Å². The van der Waals surface area contributed by atoms with Crippen LogP contribution in [-0.4, -0.2) is 6.26 Å². The molecule has 2 rings (SSSR count). The molecular weight excluding hydrogens is 271 g/mol.